The second kappa shape index (κ2) is 3.16. The fourth-order valence-electron chi connectivity index (χ4n) is 0.613. The first-order valence-corrected chi connectivity index (χ1v) is 2.91. The molecule has 0 aliphatic heterocycles. The topological polar surface area (TPSA) is 17.1 Å². The molecule has 1 nitrogen and oxygen atoms in total. The molecule has 0 N–H and O–H groups in total. The van der Waals surface area contributed by atoms with Crippen LogP contribution in [0.25, 0.3) is 0 Å². The molecule has 0 heterocycles. The van der Waals surface area contributed by atoms with Crippen molar-refractivity contribution in [3.05, 3.63) is 35.8 Å². The fourth-order valence-corrected chi connectivity index (χ4v) is 0.613. The van der Waals surface area contributed by atoms with E-state index in [0.29, 0.717) is 0 Å². The molecule has 1 aromatic carbocycles. The van der Waals surface area contributed by atoms with E-state index < -0.39 is 18.1 Å². The molecule has 0 saturated heterocycles. The fraction of sp³-hybridized carbons (Fsp3) is 0.222. The second-order valence-electron chi connectivity index (χ2n) is 1.98. The Kier molecular flexibility index (Phi) is 0.906. The Morgan fingerprint density at radius 2 is 2.10 bits per heavy atom. The maximum Gasteiger partial charge on any atom is 0.134 e. The Bertz CT molecular complexity index is 398. The molecule has 0 unspecified atom stereocenters. The van der Waals surface area contributed by atoms with Gasteiger partial charge in [0.25, 0.3) is 0 Å². The maximum atomic E-state index is 10.9. The van der Waals surface area contributed by atoms with Crippen molar-refractivity contribution in [1.82, 2.24) is 0 Å². The first-order valence-electron chi connectivity index (χ1n) is 5.41. The number of ketones is 1. The van der Waals surface area contributed by atoms with Crippen molar-refractivity contribution in [3.63, 3.8) is 0 Å². The third kappa shape index (κ3) is 2.02. The minimum atomic E-state index is -0.433. The zero-order valence-corrected chi connectivity index (χ0v) is 5.62. The summed E-state index contributed by atoms with van der Waals surface area (Å²) in [6.07, 6.45) is -0.129. The Morgan fingerprint density at radius 3 is 2.60 bits per heavy atom. The molecule has 0 aliphatic carbocycles. The van der Waals surface area contributed by atoms with Crippen LogP contribution in [0, 0.1) is 0 Å². The number of carbonyl (C=O) groups excluding carboxylic acids is 1. The van der Waals surface area contributed by atoms with Crippen molar-refractivity contribution in [2.24, 2.45) is 0 Å². The monoisotopic (exact) mass is 139 g/mol. The van der Waals surface area contributed by atoms with E-state index in [0.717, 1.165) is 0 Å². The lowest BCUT2D eigenvalue weighted by Gasteiger charge is -1.93. The summed E-state index contributed by atoms with van der Waals surface area (Å²) in [5.74, 6) is -0.228. The van der Waals surface area contributed by atoms with E-state index in [1.165, 1.54) is 6.92 Å². The molecule has 0 amide bonds. The van der Waals surface area contributed by atoms with E-state index in [2.05, 4.69) is 0 Å². The van der Waals surface area contributed by atoms with Crippen LogP contribution in [0.5, 0.6) is 0 Å². The van der Waals surface area contributed by atoms with Crippen molar-refractivity contribution in [2.75, 3.05) is 0 Å². The van der Waals surface area contributed by atoms with Gasteiger partial charge in [0.1, 0.15) is 5.78 Å². The number of hydrogen-bond donors (Lipinski definition) is 0. The number of hydrogen-bond acceptors (Lipinski definition) is 1. The van der Waals surface area contributed by atoms with Crippen LogP contribution in [0.1, 0.15) is 19.3 Å². The van der Waals surface area contributed by atoms with Crippen LogP contribution in [0.4, 0.5) is 0 Å². The normalized spacial score (nSPS) is 16.3. The molecule has 0 bridgehead atoms. The van der Waals surface area contributed by atoms with Crippen LogP contribution in [-0.4, -0.2) is 5.78 Å². The van der Waals surface area contributed by atoms with Gasteiger partial charge in [0, 0.05) is 6.42 Å². The van der Waals surface area contributed by atoms with Crippen molar-refractivity contribution < 1.29 is 11.6 Å². The Labute approximate surface area is 67.7 Å². The smallest absolute Gasteiger partial charge is 0.134 e. The summed E-state index contributed by atoms with van der Waals surface area (Å²) in [6, 6.07) is -1.82. The Balaban J connectivity index is 3.45. The van der Waals surface area contributed by atoms with Crippen LogP contribution in [0.2, 0.25) is 0 Å². The highest BCUT2D eigenvalue weighted by Crippen LogP contribution is 1.98. The Morgan fingerprint density at radius 1 is 1.50 bits per heavy atom. The Hall–Kier alpha value is -1.11. The molecule has 0 aliphatic rings. The summed E-state index contributed by atoms with van der Waals surface area (Å²) < 4.78 is 37.1. The highest BCUT2D eigenvalue weighted by atomic mass is 16.1. The average molecular weight is 139 g/mol. The number of carbonyl (C=O) groups is 1. The van der Waals surface area contributed by atoms with E-state index in [9.17, 15) is 4.79 Å². The summed E-state index contributed by atoms with van der Waals surface area (Å²) in [4.78, 5) is 10.9. The summed E-state index contributed by atoms with van der Waals surface area (Å²) in [5.41, 5.74) is 0.0634. The van der Waals surface area contributed by atoms with Gasteiger partial charge in [0.2, 0.25) is 0 Å². The highest BCUT2D eigenvalue weighted by molar-refractivity contribution is 5.78. The number of rotatable bonds is 2. The van der Waals surface area contributed by atoms with E-state index in [-0.39, 0.29) is 29.9 Å². The van der Waals surface area contributed by atoms with Gasteiger partial charge in [0.15, 0.2) is 0 Å². The molecule has 1 rings (SSSR count). The SMILES string of the molecule is [2H]c1c([2H])c([2H])c(CC(C)=O)c([2H])c1[2H]. The average Bonchev–Trinajstić information content (AvgIpc) is 2.18. The molecule has 0 saturated carbocycles. The van der Waals surface area contributed by atoms with Crippen LogP contribution >= 0.6 is 0 Å². The second-order valence-corrected chi connectivity index (χ2v) is 1.98. The predicted molar refractivity (Wildman–Crippen MR) is 40.8 cm³/mol. The molecule has 1 aromatic rings. The first kappa shape index (κ1) is 2.87. The van der Waals surface area contributed by atoms with Crippen LogP contribution in [-0.2, 0) is 11.2 Å². The lowest BCUT2D eigenvalue weighted by molar-refractivity contribution is -0.116. The zero-order valence-electron chi connectivity index (χ0n) is 10.6. The van der Waals surface area contributed by atoms with Crippen molar-refractivity contribution in [1.29, 1.82) is 0 Å². The molecule has 0 spiro atoms. The van der Waals surface area contributed by atoms with Crippen LogP contribution in [0.3, 0.4) is 0 Å². The van der Waals surface area contributed by atoms with Gasteiger partial charge in [-0.2, -0.15) is 0 Å². The number of Topliss-reactive ketones (excluding diaryl/α,β-unsaturated/α-hetero) is 1. The highest BCUT2D eigenvalue weighted by Gasteiger charge is 1.93. The summed E-state index contributed by atoms with van der Waals surface area (Å²) >= 11 is 0. The van der Waals surface area contributed by atoms with E-state index in [1.807, 2.05) is 0 Å². The molecule has 10 heavy (non-hydrogen) atoms. The third-order valence-corrected chi connectivity index (χ3v) is 0.977. The molecular formula is C9H10O. The molecule has 52 valence electrons. The van der Waals surface area contributed by atoms with Crippen LogP contribution in [0.15, 0.2) is 30.2 Å². The molecule has 0 radical (unpaired) electrons. The van der Waals surface area contributed by atoms with Gasteiger partial charge in [-0.3, -0.25) is 4.79 Å². The van der Waals surface area contributed by atoms with Gasteiger partial charge < -0.3 is 0 Å². The molecule has 0 aromatic heterocycles. The van der Waals surface area contributed by atoms with Crippen molar-refractivity contribution in [2.45, 2.75) is 13.3 Å². The maximum absolute atomic E-state index is 10.9. The molecule has 0 atom stereocenters. The van der Waals surface area contributed by atoms with Gasteiger partial charge in [0.05, 0.1) is 6.85 Å². The third-order valence-electron chi connectivity index (χ3n) is 0.977. The van der Waals surface area contributed by atoms with E-state index in [1.54, 1.807) is 0 Å². The summed E-state index contributed by atoms with van der Waals surface area (Å²) in [6.45, 7) is 1.32. The van der Waals surface area contributed by atoms with Crippen molar-refractivity contribution >= 4 is 5.78 Å². The standard InChI is InChI=1S/C9H10O/c1-8(10)7-9-5-3-2-4-6-9/h2-6H,7H2,1H3/i2D,3D,4D,5D,6D. The molecular weight excluding hydrogens is 124 g/mol. The summed E-state index contributed by atoms with van der Waals surface area (Å²) in [7, 11) is 0. The number of benzene rings is 1. The van der Waals surface area contributed by atoms with E-state index in [4.69, 9.17) is 6.85 Å². The van der Waals surface area contributed by atoms with E-state index >= 15 is 0 Å². The zero-order chi connectivity index (χ0) is 11.7. The minimum Gasteiger partial charge on any atom is -0.300 e. The largest absolute Gasteiger partial charge is 0.300 e. The quantitative estimate of drug-likeness (QED) is 0.610. The van der Waals surface area contributed by atoms with Gasteiger partial charge in [-0.1, -0.05) is 30.2 Å². The van der Waals surface area contributed by atoms with Gasteiger partial charge >= 0.3 is 0 Å². The summed E-state index contributed by atoms with van der Waals surface area (Å²) in [5, 5.41) is 0. The molecule has 1 heteroatoms. The van der Waals surface area contributed by atoms with Gasteiger partial charge in [-0.05, 0) is 12.5 Å². The predicted octanol–water partition coefficient (Wildman–Crippen LogP) is 1.82. The minimum absolute atomic E-state index is 0.0634. The lowest BCUT2D eigenvalue weighted by atomic mass is 10.1. The first-order chi connectivity index (χ1) is 6.86. The lowest BCUT2D eigenvalue weighted by Crippen LogP contribution is -1.94. The van der Waals surface area contributed by atoms with Crippen molar-refractivity contribution in [3.8, 4) is 0 Å². The van der Waals surface area contributed by atoms with Gasteiger partial charge in [-0.25, -0.2) is 0 Å². The molecule has 0 fully saturated rings. The van der Waals surface area contributed by atoms with Crippen LogP contribution < -0.4 is 0 Å². The van der Waals surface area contributed by atoms with Gasteiger partial charge in [-0.15, -0.1) is 0 Å².